The van der Waals surface area contributed by atoms with E-state index in [1.807, 2.05) is 0 Å². The fraction of sp³-hybridized carbons (Fsp3) is 0.763. The Kier molecular flexibility index (Phi) is 25.7. The molecule has 10 nitrogen and oxygen atoms in total. The molecule has 0 aliphatic heterocycles. The number of nitro benzene ring substituents is 1. The molecule has 0 saturated heterocycles. The lowest BCUT2D eigenvalue weighted by Crippen LogP contribution is -2.46. The number of ether oxygens (including phenoxy) is 1. The first-order chi connectivity index (χ1) is 23.3. The summed E-state index contributed by atoms with van der Waals surface area (Å²) in [7, 11) is 0. The minimum atomic E-state index is -1.79. The summed E-state index contributed by atoms with van der Waals surface area (Å²) in [5.41, 5.74) is 0.293. The highest BCUT2D eigenvalue weighted by Crippen LogP contribution is 2.23. The van der Waals surface area contributed by atoms with E-state index in [9.17, 15) is 29.6 Å². The van der Waals surface area contributed by atoms with E-state index in [2.05, 4.69) is 24.5 Å². The van der Waals surface area contributed by atoms with Gasteiger partial charge in [0.2, 0.25) is 11.8 Å². The fourth-order valence-corrected chi connectivity index (χ4v) is 5.99. The number of nitrogens with zero attached hydrogens (tertiary/aromatic N) is 1. The third-order valence-electron chi connectivity index (χ3n) is 8.91. The largest absolute Gasteiger partial charge is 0.542 e. The SMILES string of the molecule is CCCCCCCCCCCCCC(=O)NCC(OC(=O)[O-])C(NC(=O)CCCCCCCCCCCCC)c1ccc([N+](=O)[O-])cc1. The van der Waals surface area contributed by atoms with Crippen LogP contribution < -0.4 is 15.7 Å². The maximum Gasteiger partial charge on any atom is 0.269 e. The Bertz CT molecular complexity index is 1000. The highest BCUT2D eigenvalue weighted by atomic mass is 16.7. The predicted molar refractivity (Wildman–Crippen MR) is 189 cm³/mol. The van der Waals surface area contributed by atoms with Crippen molar-refractivity contribution in [2.45, 2.75) is 180 Å². The van der Waals surface area contributed by atoms with Crippen molar-refractivity contribution in [3.63, 3.8) is 0 Å². The lowest BCUT2D eigenvalue weighted by Gasteiger charge is -2.32. The van der Waals surface area contributed by atoms with Crippen LogP contribution >= 0.6 is 0 Å². The summed E-state index contributed by atoms with van der Waals surface area (Å²) in [6.07, 6.45) is 23.2. The Labute approximate surface area is 289 Å². The number of carbonyl (C=O) groups is 3. The van der Waals surface area contributed by atoms with Crippen molar-refractivity contribution in [3.05, 3.63) is 39.9 Å². The summed E-state index contributed by atoms with van der Waals surface area (Å²) < 4.78 is 5.06. The fourth-order valence-electron chi connectivity index (χ4n) is 5.99. The van der Waals surface area contributed by atoms with Crippen LogP contribution in [-0.2, 0) is 14.3 Å². The lowest BCUT2D eigenvalue weighted by atomic mass is 9.99. The number of nitrogens with one attached hydrogen (secondary N) is 2. The molecule has 0 heterocycles. The first-order valence-corrected chi connectivity index (χ1v) is 19.0. The second kappa shape index (κ2) is 28.8. The van der Waals surface area contributed by atoms with Crippen LogP contribution in [0.4, 0.5) is 10.5 Å². The maximum absolute atomic E-state index is 13.0. The predicted octanol–water partition coefficient (Wildman–Crippen LogP) is 9.00. The Hall–Kier alpha value is -3.17. The number of non-ortho nitro benzene ring substituents is 1. The van der Waals surface area contributed by atoms with E-state index in [0.717, 1.165) is 44.9 Å². The van der Waals surface area contributed by atoms with Gasteiger partial charge in [0.1, 0.15) is 0 Å². The molecule has 0 fully saturated rings. The van der Waals surface area contributed by atoms with E-state index in [1.165, 1.54) is 114 Å². The molecule has 2 N–H and O–H groups in total. The van der Waals surface area contributed by atoms with E-state index in [0.29, 0.717) is 18.4 Å². The number of hydrogen-bond donors (Lipinski definition) is 2. The summed E-state index contributed by atoms with van der Waals surface area (Å²) in [5, 5.41) is 28.3. The maximum atomic E-state index is 13.0. The van der Waals surface area contributed by atoms with Gasteiger partial charge in [-0.3, -0.25) is 19.7 Å². The zero-order valence-corrected chi connectivity index (χ0v) is 29.9. The van der Waals surface area contributed by atoms with Gasteiger partial charge in [-0.1, -0.05) is 154 Å². The molecule has 1 aromatic rings. The van der Waals surface area contributed by atoms with Crippen LogP contribution in [0.3, 0.4) is 0 Å². The molecule has 2 unspecified atom stereocenters. The van der Waals surface area contributed by atoms with Crippen LogP contribution in [0.5, 0.6) is 0 Å². The highest BCUT2D eigenvalue weighted by Gasteiger charge is 2.26. The van der Waals surface area contributed by atoms with Crippen molar-refractivity contribution in [2.24, 2.45) is 0 Å². The van der Waals surface area contributed by atoms with E-state index < -0.39 is 23.2 Å². The molecule has 0 spiro atoms. The van der Waals surface area contributed by atoms with Crippen LogP contribution in [0.2, 0.25) is 0 Å². The molecular formula is C38H64N3O7-. The Balaban J connectivity index is 2.60. The standard InChI is InChI=1S/C38H65N3O7/c1-3-5-7-9-11-13-15-17-19-21-23-25-35(42)39-31-34(48-38(44)45)37(32-27-29-33(30-28-32)41(46)47)40-36(43)26-24-22-20-18-16-14-12-10-8-6-4-2/h27-30,34,37H,3-26,31H2,1-2H3,(H,39,42)(H,40,43)(H,44,45)/p-1. The van der Waals surface area contributed by atoms with Gasteiger partial charge in [-0.05, 0) is 18.4 Å². The number of carboxylic acid groups (broad SMARTS) is 1. The van der Waals surface area contributed by atoms with Gasteiger partial charge < -0.3 is 25.3 Å². The number of amides is 2. The molecule has 1 aromatic carbocycles. The van der Waals surface area contributed by atoms with E-state index in [1.54, 1.807) is 0 Å². The lowest BCUT2D eigenvalue weighted by molar-refractivity contribution is -0.384. The van der Waals surface area contributed by atoms with Crippen molar-refractivity contribution in [3.8, 4) is 0 Å². The summed E-state index contributed by atoms with van der Waals surface area (Å²) in [5.74, 6) is -0.513. The number of carbonyl (C=O) groups excluding carboxylic acids is 3. The Morgan fingerprint density at radius 3 is 1.44 bits per heavy atom. The number of hydrogen-bond acceptors (Lipinski definition) is 7. The van der Waals surface area contributed by atoms with Gasteiger partial charge in [-0.2, -0.15) is 0 Å². The van der Waals surface area contributed by atoms with Crippen LogP contribution in [0.1, 0.15) is 180 Å². The van der Waals surface area contributed by atoms with Gasteiger partial charge in [-0.25, -0.2) is 0 Å². The van der Waals surface area contributed by atoms with E-state index in [-0.39, 0.29) is 30.5 Å². The molecule has 1 rings (SSSR count). The quantitative estimate of drug-likeness (QED) is 0.0345. The summed E-state index contributed by atoms with van der Waals surface area (Å²) in [6, 6.07) is 4.54. The number of rotatable bonds is 31. The first-order valence-electron chi connectivity index (χ1n) is 19.0. The van der Waals surface area contributed by atoms with Crippen molar-refractivity contribution in [1.82, 2.24) is 10.6 Å². The summed E-state index contributed by atoms with van der Waals surface area (Å²) in [6.45, 7) is 4.27. The van der Waals surface area contributed by atoms with Gasteiger partial charge in [0.05, 0.1) is 17.1 Å². The number of benzene rings is 1. The zero-order chi connectivity index (χ0) is 35.2. The summed E-state index contributed by atoms with van der Waals surface area (Å²) in [4.78, 5) is 47.8. The number of nitro groups is 1. The van der Waals surface area contributed by atoms with Gasteiger partial charge >= 0.3 is 0 Å². The van der Waals surface area contributed by atoms with E-state index in [4.69, 9.17) is 4.74 Å². The smallest absolute Gasteiger partial charge is 0.269 e. The summed E-state index contributed by atoms with van der Waals surface area (Å²) >= 11 is 0. The van der Waals surface area contributed by atoms with Crippen LogP contribution in [0, 0.1) is 10.1 Å². The normalized spacial score (nSPS) is 12.3. The molecule has 2 atom stereocenters. The number of unbranched alkanes of at least 4 members (excludes halogenated alkanes) is 20. The third kappa shape index (κ3) is 22.4. The highest BCUT2D eigenvalue weighted by molar-refractivity contribution is 5.77. The molecule has 0 radical (unpaired) electrons. The molecule has 0 bridgehead atoms. The van der Waals surface area contributed by atoms with Gasteiger partial charge in [0.25, 0.3) is 11.8 Å². The van der Waals surface area contributed by atoms with Crippen molar-refractivity contribution < 1.29 is 29.2 Å². The van der Waals surface area contributed by atoms with Crippen LogP contribution in [-0.4, -0.2) is 35.5 Å². The second-order valence-corrected chi connectivity index (χ2v) is 13.2. The average Bonchev–Trinajstić information content (AvgIpc) is 3.06. The monoisotopic (exact) mass is 674 g/mol. The molecule has 2 amide bonds. The van der Waals surface area contributed by atoms with Gasteiger partial charge in [0, 0.05) is 31.5 Å². The second-order valence-electron chi connectivity index (χ2n) is 13.2. The van der Waals surface area contributed by atoms with Crippen LogP contribution in [0.15, 0.2) is 24.3 Å². The Morgan fingerprint density at radius 1 is 0.646 bits per heavy atom. The average molecular weight is 675 g/mol. The van der Waals surface area contributed by atoms with Crippen molar-refractivity contribution in [2.75, 3.05) is 6.54 Å². The van der Waals surface area contributed by atoms with E-state index >= 15 is 0 Å². The van der Waals surface area contributed by atoms with Crippen molar-refractivity contribution >= 4 is 23.7 Å². The van der Waals surface area contributed by atoms with Gasteiger partial charge in [-0.15, -0.1) is 0 Å². The molecule has 48 heavy (non-hydrogen) atoms. The minimum absolute atomic E-state index is 0.137. The zero-order valence-electron chi connectivity index (χ0n) is 29.9. The molecule has 0 aliphatic rings. The molecule has 0 aliphatic carbocycles. The molecule has 0 saturated carbocycles. The molecule has 0 aromatic heterocycles. The molecule has 10 heteroatoms. The third-order valence-corrected chi connectivity index (χ3v) is 8.91. The first kappa shape index (κ1) is 42.9. The van der Waals surface area contributed by atoms with Crippen LogP contribution in [0.25, 0.3) is 0 Å². The van der Waals surface area contributed by atoms with Crippen molar-refractivity contribution in [1.29, 1.82) is 0 Å². The Morgan fingerprint density at radius 2 is 1.04 bits per heavy atom. The molecule has 274 valence electrons. The topological polar surface area (TPSA) is 151 Å². The van der Waals surface area contributed by atoms with Gasteiger partial charge in [0.15, 0.2) is 0 Å². The molecular weight excluding hydrogens is 610 g/mol. The minimum Gasteiger partial charge on any atom is -0.542 e.